The van der Waals surface area contributed by atoms with Crippen molar-refractivity contribution < 1.29 is 18.0 Å². The predicted octanol–water partition coefficient (Wildman–Crippen LogP) is 2.38. The van der Waals surface area contributed by atoms with Crippen LogP contribution in [0.2, 0.25) is 5.02 Å². The van der Waals surface area contributed by atoms with Gasteiger partial charge in [0.15, 0.2) is 0 Å². The third-order valence-electron chi connectivity index (χ3n) is 3.50. The maximum absolute atomic E-state index is 12.0. The monoisotopic (exact) mass is 395 g/mol. The van der Waals surface area contributed by atoms with Gasteiger partial charge < -0.3 is 5.32 Å². The van der Waals surface area contributed by atoms with E-state index in [0.717, 1.165) is 5.56 Å². The third kappa shape index (κ3) is 5.55. The van der Waals surface area contributed by atoms with E-state index in [-0.39, 0.29) is 23.6 Å². The summed E-state index contributed by atoms with van der Waals surface area (Å²) in [5.41, 5.74) is 3.37. The van der Waals surface area contributed by atoms with E-state index in [2.05, 4.69) is 10.7 Å². The Morgan fingerprint density at radius 1 is 0.962 bits per heavy atom. The van der Waals surface area contributed by atoms with E-state index in [1.807, 2.05) is 4.83 Å². The van der Waals surface area contributed by atoms with E-state index >= 15 is 0 Å². The molecule has 0 saturated carbocycles. The molecule has 2 amide bonds. The van der Waals surface area contributed by atoms with Crippen LogP contribution in [-0.4, -0.2) is 20.2 Å². The number of anilines is 1. The Bertz CT molecular complexity index is 901. The summed E-state index contributed by atoms with van der Waals surface area (Å²) in [6, 6.07) is 12.7. The van der Waals surface area contributed by atoms with Crippen molar-refractivity contribution >= 4 is 39.1 Å². The van der Waals surface area contributed by atoms with Crippen molar-refractivity contribution in [3.63, 3.8) is 0 Å². The summed E-state index contributed by atoms with van der Waals surface area (Å²) in [6.07, 6.45) is -0.284. The van der Waals surface area contributed by atoms with E-state index in [1.54, 1.807) is 43.3 Å². The van der Waals surface area contributed by atoms with Gasteiger partial charge in [-0.3, -0.25) is 15.0 Å². The largest absolute Gasteiger partial charge is 0.326 e. The first kappa shape index (κ1) is 19.9. The molecule has 0 unspecified atom stereocenters. The van der Waals surface area contributed by atoms with Crippen LogP contribution in [0.25, 0.3) is 0 Å². The SMILES string of the molecule is Cc1c(Cl)cccc1NC(=O)CCC(=O)NNS(=O)(=O)c1ccccc1. The topological polar surface area (TPSA) is 104 Å². The van der Waals surface area contributed by atoms with Crippen molar-refractivity contribution in [2.24, 2.45) is 0 Å². The number of amides is 2. The fourth-order valence-electron chi connectivity index (χ4n) is 2.03. The van der Waals surface area contributed by atoms with Crippen LogP contribution in [0.1, 0.15) is 18.4 Å². The summed E-state index contributed by atoms with van der Waals surface area (Å²) >= 11 is 5.98. The molecule has 0 spiro atoms. The Hall–Kier alpha value is -2.42. The maximum Gasteiger partial charge on any atom is 0.257 e. The van der Waals surface area contributed by atoms with Crippen LogP contribution in [-0.2, 0) is 19.6 Å². The quantitative estimate of drug-likeness (QED) is 0.626. The highest BCUT2D eigenvalue weighted by atomic mass is 35.5. The lowest BCUT2D eigenvalue weighted by Gasteiger charge is -2.10. The van der Waals surface area contributed by atoms with Crippen LogP contribution < -0.4 is 15.6 Å². The highest BCUT2D eigenvalue weighted by Gasteiger charge is 2.15. The normalized spacial score (nSPS) is 11.0. The van der Waals surface area contributed by atoms with Gasteiger partial charge in [-0.05, 0) is 36.8 Å². The molecular weight excluding hydrogens is 378 g/mol. The Morgan fingerprint density at radius 2 is 1.62 bits per heavy atom. The molecule has 0 aliphatic rings. The van der Waals surface area contributed by atoms with Crippen molar-refractivity contribution in [3.05, 3.63) is 59.1 Å². The van der Waals surface area contributed by atoms with Crippen LogP contribution in [0.15, 0.2) is 53.4 Å². The molecule has 138 valence electrons. The summed E-state index contributed by atoms with van der Waals surface area (Å²) in [6.45, 7) is 1.77. The molecule has 0 atom stereocenters. The summed E-state index contributed by atoms with van der Waals surface area (Å²) in [5.74, 6) is -1.00. The molecule has 0 aliphatic heterocycles. The molecule has 2 rings (SSSR count). The number of hydrogen-bond acceptors (Lipinski definition) is 4. The molecule has 0 saturated heterocycles. The number of halogens is 1. The zero-order valence-corrected chi connectivity index (χ0v) is 15.5. The second-order valence-corrected chi connectivity index (χ2v) is 7.52. The van der Waals surface area contributed by atoms with Gasteiger partial charge in [0.1, 0.15) is 0 Å². The Morgan fingerprint density at radius 3 is 2.31 bits per heavy atom. The molecule has 0 fully saturated rings. The van der Waals surface area contributed by atoms with Gasteiger partial charge in [-0.25, -0.2) is 8.42 Å². The van der Waals surface area contributed by atoms with Crippen molar-refractivity contribution in [1.29, 1.82) is 0 Å². The highest BCUT2D eigenvalue weighted by molar-refractivity contribution is 7.89. The lowest BCUT2D eigenvalue weighted by Crippen LogP contribution is -2.41. The van der Waals surface area contributed by atoms with Crippen LogP contribution in [0.3, 0.4) is 0 Å². The van der Waals surface area contributed by atoms with Gasteiger partial charge in [0, 0.05) is 23.6 Å². The van der Waals surface area contributed by atoms with Gasteiger partial charge in [0.05, 0.1) is 4.90 Å². The molecule has 3 N–H and O–H groups in total. The number of hydrogen-bond donors (Lipinski definition) is 3. The maximum atomic E-state index is 12.0. The minimum atomic E-state index is -3.85. The van der Waals surface area contributed by atoms with Crippen LogP contribution in [0.5, 0.6) is 0 Å². The van der Waals surface area contributed by atoms with Gasteiger partial charge in [0.2, 0.25) is 11.8 Å². The van der Waals surface area contributed by atoms with Crippen LogP contribution in [0, 0.1) is 6.92 Å². The van der Waals surface area contributed by atoms with Gasteiger partial charge in [-0.15, -0.1) is 4.83 Å². The number of carbonyl (C=O) groups excluding carboxylic acids is 2. The number of hydrazine groups is 1. The molecule has 0 radical (unpaired) electrons. The summed E-state index contributed by atoms with van der Waals surface area (Å²) in [7, 11) is -3.85. The number of nitrogens with one attached hydrogen (secondary N) is 3. The number of carbonyl (C=O) groups is 2. The third-order valence-corrected chi connectivity index (χ3v) is 5.17. The van der Waals surface area contributed by atoms with Gasteiger partial charge in [0.25, 0.3) is 10.0 Å². The Balaban J connectivity index is 1.81. The fraction of sp³-hybridized carbons (Fsp3) is 0.176. The van der Waals surface area contributed by atoms with E-state index in [0.29, 0.717) is 10.7 Å². The molecule has 26 heavy (non-hydrogen) atoms. The fourth-order valence-corrected chi connectivity index (χ4v) is 3.08. The van der Waals surface area contributed by atoms with Crippen molar-refractivity contribution in [2.75, 3.05) is 5.32 Å². The number of benzene rings is 2. The molecule has 7 nitrogen and oxygen atoms in total. The number of rotatable bonds is 7. The Kier molecular flexibility index (Phi) is 6.73. The number of sulfonamides is 1. The highest BCUT2D eigenvalue weighted by Crippen LogP contribution is 2.23. The molecule has 2 aromatic carbocycles. The predicted molar refractivity (Wildman–Crippen MR) is 99.0 cm³/mol. The standard InChI is InChI=1S/C17H18ClN3O4S/c1-12-14(18)8-5-9-15(12)19-16(22)10-11-17(23)20-21-26(24,25)13-6-3-2-4-7-13/h2-9,21H,10-11H2,1H3,(H,19,22)(H,20,23). The van der Waals surface area contributed by atoms with Crippen LogP contribution >= 0.6 is 11.6 Å². The van der Waals surface area contributed by atoms with Crippen LogP contribution in [0.4, 0.5) is 5.69 Å². The average molecular weight is 396 g/mol. The van der Waals surface area contributed by atoms with Gasteiger partial charge in [-0.1, -0.05) is 35.9 Å². The van der Waals surface area contributed by atoms with E-state index in [4.69, 9.17) is 11.6 Å². The van der Waals surface area contributed by atoms with Gasteiger partial charge >= 0.3 is 0 Å². The van der Waals surface area contributed by atoms with Crippen molar-refractivity contribution in [2.45, 2.75) is 24.7 Å². The van der Waals surface area contributed by atoms with Gasteiger partial charge in [-0.2, -0.15) is 0 Å². The second kappa shape index (κ2) is 8.79. The van der Waals surface area contributed by atoms with E-state index in [9.17, 15) is 18.0 Å². The zero-order valence-electron chi connectivity index (χ0n) is 14.0. The summed E-state index contributed by atoms with van der Waals surface area (Å²) in [5, 5.41) is 3.19. The molecule has 0 heterocycles. The molecule has 0 aliphatic carbocycles. The average Bonchev–Trinajstić information content (AvgIpc) is 2.63. The van der Waals surface area contributed by atoms with Crippen molar-refractivity contribution in [1.82, 2.24) is 10.3 Å². The summed E-state index contributed by atoms with van der Waals surface area (Å²) < 4.78 is 23.9. The van der Waals surface area contributed by atoms with Crippen molar-refractivity contribution in [3.8, 4) is 0 Å². The lowest BCUT2D eigenvalue weighted by atomic mass is 10.2. The first-order valence-corrected chi connectivity index (χ1v) is 9.56. The first-order valence-electron chi connectivity index (χ1n) is 7.70. The smallest absolute Gasteiger partial charge is 0.257 e. The Labute approximate surface area is 156 Å². The zero-order chi connectivity index (χ0) is 19.2. The lowest BCUT2D eigenvalue weighted by molar-refractivity contribution is -0.124. The first-order chi connectivity index (χ1) is 12.3. The molecule has 9 heteroatoms. The minimum absolute atomic E-state index is 0.0227. The summed E-state index contributed by atoms with van der Waals surface area (Å²) in [4.78, 5) is 25.7. The molecule has 0 aromatic heterocycles. The van der Waals surface area contributed by atoms with E-state index < -0.39 is 15.9 Å². The second-order valence-electron chi connectivity index (χ2n) is 5.43. The minimum Gasteiger partial charge on any atom is -0.326 e. The molecular formula is C17H18ClN3O4S. The molecule has 2 aromatic rings. The molecule has 0 bridgehead atoms. The van der Waals surface area contributed by atoms with E-state index in [1.165, 1.54) is 12.1 Å².